The van der Waals surface area contributed by atoms with Crippen LogP contribution in [0.3, 0.4) is 0 Å². The summed E-state index contributed by atoms with van der Waals surface area (Å²) in [5.41, 5.74) is 0. The van der Waals surface area contributed by atoms with Gasteiger partial charge in [-0.25, -0.2) is 8.42 Å². The molecule has 3 aliphatic rings. The van der Waals surface area contributed by atoms with Crippen LogP contribution >= 0.6 is 0 Å². The van der Waals surface area contributed by atoms with Crippen LogP contribution in [0, 0.1) is 0 Å². The first-order valence-corrected chi connectivity index (χ1v) is 12.7. The van der Waals surface area contributed by atoms with Gasteiger partial charge in [-0.05, 0) is 44.7 Å². The van der Waals surface area contributed by atoms with Gasteiger partial charge in [-0.2, -0.15) is 4.31 Å². The molecule has 1 aliphatic carbocycles. The minimum absolute atomic E-state index is 0.0320. The van der Waals surface area contributed by atoms with Crippen LogP contribution in [0.15, 0.2) is 23.1 Å². The van der Waals surface area contributed by atoms with Gasteiger partial charge < -0.3 is 19.5 Å². The Labute approximate surface area is 188 Å². The quantitative estimate of drug-likeness (QED) is 0.638. The summed E-state index contributed by atoms with van der Waals surface area (Å²) in [7, 11) is -3.95. The van der Waals surface area contributed by atoms with E-state index >= 15 is 0 Å². The highest BCUT2D eigenvalue weighted by Crippen LogP contribution is 2.35. The number of hydrogen-bond acceptors (Lipinski definition) is 7. The van der Waals surface area contributed by atoms with Gasteiger partial charge in [0.1, 0.15) is 19.3 Å². The smallest absolute Gasteiger partial charge is 0.325 e. The number of carbonyl (C=O) groups excluding carboxylic acids is 2. The van der Waals surface area contributed by atoms with Crippen molar-refractivity contribution >= 4 is 21.9 Å². The average molecular weight is 467 g/mol. The lowest BCUT2D eigenvalue weighted by Gasteiger charge is -2.26. The fourth-order valence-corrected chi connectivity index (χ4v) is 6.12. The maximum Gasteiger partial charge on any atom is 0.325 e. The summed E-state index contributed by atoms with van der Waals surface area (Å²) in [6.45, 7) is 2.48. The zero-order chi connectivity index (χ0) is 22.7. The molecule has 0 spiro atoms. The summed E-state index contributed by atoms with van der Waals surface area (Å²) in [6, 6.07) is 3.57. The van der Waals surface area contributed by atoms with Gasteiger partial charge in [0.2, 0.25) is 10.0 Å². The molecule has 176 valence electrons. The van der Waals surface area contributed by atoms with Gasteiger partial charge in [0.25, 0.3) is 5.91 Å². The van der Waals surface area contributed by atoms with Gasteiger partial charge in [-0.15, -0.1) is 0 Å². The van der Waals surface area contributed by atoms with Gasteiger partial charge in [0.05, 0.1) is 4.90 Å². The number of sulfonamides is 1. The monoisotopic (exact) mass is 466 g/mol. The maximum absolute atomic E-state index is 13.3. The van der Waals surface area contributed by atoms with E-state index in [-0.39, 0.29) is 23.4 Å². The van der Waals surface area contributed by atoms with Crippen LogP contribution < -0.4 is 14.8 Å². The van der Waals surface area contributed by atoms with Crippen molar-refractivity contribution in [3.63, 3.8) is 0 Å². The summed E-state index contributed by atoms with van der Waals surface area (Å²) in [6.07, 6.45) is 5.08. The number of esters is 1. The summed E-state index contributed by atoms with van der Waals surface area (Å²) in [5, 5.41) is 2.94. The fraction of sp³-hybridized carbons (Fsp3) is 0.636. The summed E-state index contributed by atoms with van der Waals surface area (Å²) in [5.74, 6) is -0.187. The Morgan fingerprint density at radius 3 is 2.53 bits per heavy atom. The van der Waals surface area contributed by atoms with Crippen molar-refractivity contribution in [1.29, 1.82) is 0 Å². The number of nitrogens with one attached hydrogen (secondary N) is 1. The van der Waals surface area contributed by atoms with E-state index in [9.17, 15) is 18.0 Å². The number of carbonyl (C=O) groups is 2. The van der Waals surface area contributed by atoms with Crippen LogP contribution in [0.4, 0.5) is 0 Å². The third kappa shape index (κ3) is 4.85. The molecule has 1 aromatic rings. The van der Waals surface area contributed by atoms with Crippen molar-refractivity contribution in [3.05, 3.63) is 18.2 Å². The molecule has 0 bridgehead atoms. The Kier molecular flexibility index (Phi) is 6.90. The zero-order valence-corrected chi connectivity index (χ0v) is 19.1. The van der Waals surface area contributed by atoms with Crippen LogP contribution in [0.25, 0.3) is 0 Å². The number of rotatable bonds is 6. The van der Waals surface area contributed by atoms with Crippen LogP contribution in [0.1, 0.15) is 51.9 Å². The lowest BCUT2D eigenvalue weighted by atomic mass is 9.95. The molecule has 1 aromatic carbocycles. The lowest BCUT2D eigenvalue weighted by Crippen LogP contribution is -2.46. The highest BCUT2D eigenvalue weighted by molar-refractivity contribution is 7.89. The number of fused-ring (bicyclic) bond motifs is 1. The molecular formula is C22H30N2O7S. The van der Waals surface area contributed by atoms with E-state index < -0.39 is 28.1 Å². The van der Waals surface area contributed by atoms with Crippen LogP contribution in [0.2, 0.25) is 0 Å². The first-order chi connectivity index (χ1) is 15.4. The molecule has 2 unspecified atom stereocenters. The zero-order valence-electron chi connectivity index (χ0n) is 18.2. The molecule has 32 heavy (non-hydrogen) atoms. The Balaban J connectivity index is 1.42. The predicted octanol–water partition coefficient (Wildman–Crippen LogP) is 1.99. The topological polar surface area (TPSA) is 111 Å². The van der Waals surface area contributed by atoms with Gasteiger partial charge >= 0.3 is 5.97 Å². The van der Waals surface area contributed by atoms with Gasteiger partial charge in [-0.1, -0.05) is 19.3 Å². The molecule has 2 aliphatic heterocycles. The minimum Gasteiger partial charge on any atom is -0.486 e. The van der Waals surface area contributed by atoms with Gasteiger partial charge in [-0.3, -0.25) is 9.59 Å². The molecule has 10 heteroatoms. The molecule has 0 radical (unpaired) electrons. The summed E-state index contributed by atoms with van der Waals surface area (Å²) >= 11 is 0. The SMILES string of the molecule is CC(OC(=O)C1CCCN1S(=O)(=O)c1ccc2c(c1)OCCO2)C(=O)NC1CCCCC1. The molecule has 4 rings (SSSR count). The molecule has 2 fully saturated rings. The van der Waals surface area contributed by atoms with Gasteiger partial charge in [0, 0.05) is 18.7 Å². The molecule has 2 atom stereocenters. The van der Waals surface area contributed by atoms with E-state index in [1.54, 1.807) is 6.07 Å². The lowest BCUT2D eigenvalue weighted by molar-refractivity contribution is -0.158. The van der Waals surface area contributed by atoms with Crippen molar-refractivity contribution in [2.75, 3.05) is 19.8 Å². The molecule has 1 saturated heterocycles. The Morgan fingerprint density at radius 1 is 1.06 bits per heavy atom. The largest absolute Gasteiger partial charge is 0.486 e. The van der Waals surface area contributed by atoms with E-state index in [0.717, 1.165) is 30.0 Å². The maximum atomic E-state index is 13.3. The molecule has 1 N–H and O–H groups in total. The number of benzene rings is 1. The molecular weight excluding hydrogens is 436 g/mol. The second-order valence-corrected chi connectivity index (χ2v) is 10.4. The number of ether oxygens (including phenoxy) is 3. The highest BCUT2D eigenvalue weighted by Gasteiger charge is 2.41. The van der Waals surface area contributed by atoms with Crippen molar-refractivity contribution < 1.29 is 32.2 Å². The number of nitrogens with zero attached hydrogens (tertiary/aromatic N) is 1. The second kappa shape index (κ2) is 9.66. The number of amides is 1. The second-order valence-electron chi connectivity index (χ2n) is 8.50. The standard InChI is InChI=1S/C22H30N2O7S/c1-15(21(25)23-16-6-3-2-4-7-16)31-22(26)18-8-5-11-24(18)32(27,28)17-9-10-19-20(14-17)30-13-12-29-19/h9-10,14-16,18H,2-8,11-13H2,1H3,(H,23,25). The molecule has 2 heterocycles. The van der Waals surface area contributed by atoms with Crippen LogP contribution in [-0.4, -0.2) is 62.5 Å². The molecule has 1 saturated carbocycles. The minimum atomic E-state index is -3.95. The van der Waals surface area contributed by atoms with E-state index in [0.29, 0.717) is 37.6 Å². The molecule has 0 aromatic heterocycles. The van der Waals surface area contributed by atoms with E-state index in [4.69, 9.17) is 14.2 Å². The highest BCUT2D eigenvalue weighted by atomic mass is 32.2. The summed E-state index contributed by atoms with van der Waals surface area (Å²) in [4.78, 5) is 25.3. The Morgan fingerprint density at radius 2 is 1.78 bits per heavy atom. The Bertz CT molecular complexity index is 959. The van der Waals surface area contributed by atoms with E-state index in [2.05, 4.69) is 5.32 Å². The predicted molar refractivity (Wildman–Crippen MR) is 115 cm³/mol. The molecule has 1 amide bonds. The number of hydrogen-bond donors (Lipinski definition) is 1. The van der Waals surface area contributed by atoms with Crippen molar-refractivity contribution in [3.8, 4) is 11.5 Å². The first kappa shape index (κ1) is 22.8. The summed E-state index contributed by atoms with van der Waals surface area (Å²) < 4.78 is 44.0. The fourth-order valence-electron chi connectivity index (χ4n) is 4.45. The van der Waals surface area contributed by atoms with E-state index in [1.807, 2.05) is 0 Å². The first-order valence-electron chi connectivity index (χ1n) is 11.3. The van der Waals surface area contributed by atoms with Crippen molar-refractivity contribution in [2.24, 2.45) is 0 Å². The van der Waals surface area contributed by atoms with Gasteiger partial charge in [0.15, 0.2) is 17.6 Å². The van der Waals surface area contributed by atoms with E-state index in [1.165, 1.54) is 25.5 Å². The van der Waals surface area contributed by atoms with Crippen LogP contribution in [-0.2, 0) is 24.3 Å². The average Bonchev–Trinajstić information content (AvgIpc) is 3.30. The Hall–Kier alpha value is -2.33. The third-order valence-electron chi connectivity index (χ3n) is 6.21. The van der Waals surface area contributed by atoms with Crippen molar-refractivity contribution in [1.82, 2.24) is 9.62 Å². The molecule has 9 nitrogen and oxygen atoms in total. The normalized spacial score (nSPS) is 22.8. The third-order valence-corrected chi connectivity index (χ3v) is 8.11. The van der Waals surface area contributed by atoms with Crippen LogP contribution in [0.5, 0.6) is 11.5 Å². The van der Waals surface area contributed by atoms with Crippen molar-refractivity contribution in [2.45, 2.75) is 75.0 Å².